The molecule has 0 aromatic carbocycles. The summed E-state index contributed by atoms with van der Waals surface area (Å²) >= 11 is 0. The Morgan fingerprint density at radius 3 is 2.61 bits per heavy atom. The van der Waals surface area contributed by atoms with E-state index in [0.717, 1.165) is 25.7 Å². The Morgan fingerprint density at radius 2 is 1.96 bits per heavy atom. The van der Waals surface area contributed by atoms with E-state index in [1.807, 2.05) is 0 Å². The maximum Gasteiger partial charge on any atom is 0.333 e. The van der Waals surface area contributed by atoms with Crippen LogP contribution in [0.5, 0.6) is 0 Å². The van der Waals surface area contributed by atoms with Crippen molar-refractivity contribution in [2.24, 2.45) is 11.8 Å². The van der Waals surface area contributed by atoms with E-state index in [0.29, 0.717) is 30.4 Å². The molecule has 130 valence electrons. The zero-order valence-electron chi connectivity index (χ0n) is 14.4. The topological polar surface area (TPSA) is 52.6 Å². The van der Waals surface area contributed by atoms with E-state index in [4.69, 9.17) is 9.47 Å². The fourth-order valence-corrected chi connectivity index (χ4v) is 3.66. The minimum absolute atomic E-state index is 0.0347. The van der Waals surface area contributed by atoms with Gasteiger partial charge in [0.25, 0.3) is 0 Å². The number of carbonyl (C=O) groups excluding carboxylic acids is 2. The molecule has 2 rings (SSSR count). The Morgan fingerprint density at radius 1 is 1.22 bits per heavy atom. The van der Waals surface area contributed by atoms with Crippen molar-refractivity contribution >= 4 is 11.9 Å². The first kappa shape index (κ1) is 18.0. The summed E-state index contributed by atoms with van der Waals surface area (Å²) in [5.74, 6) is 0.850. The summed E-state index contributed by atoms with van der Waals surface area (Å²) in [6.07, 6.45) is 11.1. The highest BCUT2D eigenvalue weighted by Gasteiger charge is 2.25. The molecule has 1 heterocycles. The van der Waals surface area contributed by atoms with Gasteiger partial charge >= 0.3 is 11.9 Å². The lowest BCUT2D eigenvalue weighted by Gasteiger charge is -2.29. The zero-order chi connectivity index (χ0) is 16.7. The van der Waals surface area contributed by atoms with Crippen LogP contribution in [0.3, 0.4) is 0 Å². The predicted molar refractivity (Wildman–Crippen MR) is 88.8 cm³/mol. The fraction of sp³-hybridized carbons (Fsp3) is 0.789. The van der Waals surface area contributed by atoms with Crippen molar-refractivity contribution in [3.63, 3.8) is 0 Å². The molecule has 3 unspecified atom stereocenters. The van der Waals surface area contributed by atoms with Crippen LogP contribution in [-0.2, 0) is 19.1 Å². The van der Waals surface area contributed by atoms with Crippen molar-refractivity contribution in [1.82, 2.24) is 0 Å². The summed E-state index contributed by atoms with van der Waals surface area (Å²) in [5, 5.41) is 0. The molecule has 0 radical (unpaired) electrons. The number of cyclic esters (lactones) is 1. The molecule has 0 aromatic heterocycles. The molecule has 0 N–H and O–H groups in total. The van der Waals surface area contributed by atoms with Gasteiger partial charge in [0.15, 0.2) is 0 Å². The van der Waals surface area contributed by atoms with Crippen LogP contribution in [0.25, 0.3) is 0 Å². The van der Waals surface area contributed by atoms with E-state index in [1.165, 1.54) is 32.1 Å². The Hall–Kier alpha value is -1.32. The molecule has 0 aromatic rings. The third-order valence-electron chi connectivity index (χ3n) is 5.02. The summed E-state index contributed by atoms with van der Waals surface area (Å²) < 4.78 is 10.5. The number of unbranched alkanes of at least 4 members (excludes halogenated alkanes) is 2. The zero-order valence-corrected chi connectivity index (χ0v) is 14.4. The van der Waals surface area contributed by atoms with Gasteiger partial charge in [0.2, 0.25) is 0 Å². The van der Waals surface area contributed by atoms with Crippen LogP contribution in [0.1, 0.15) is 71.1 Å². The van der Waals surface area contributed by atoms with Crippen molar-refractivity contribution in [3.05, 3.63) is 12.2 Å². The highest BCUT2D eigenvalue weighted by molar-refractivity contribution is 5.87. The van der Waals surface area contributed by atoms with E-state index in [1.54, 1.807) is 6.92 Å². The third-order valence-corrected chi connectivity index (χ3v) is 5.02. The summed E-state index contributed by atoms with van der Waals surface area (Å²) in [7, 11) is 0. The molecule has 0 spiro atoms. The SMILES string of the molecule is C=C(C)C(=O)OC1CCCC(CCCCCC2COC(=O)C2)C1. The van der Waals surface area contributed by atoms with E-state index in [9.17, 15) is 9.59 Å². The minimum Gasteiger partial charge on any atom is -0.465 e. The monoisotopic (exact) mass is 322 g/mol. The van der Waals surface area contributed by atoms with E-state index in [2.05, 4.69) is 6.58 Å². The van der Waals surface area contributed by atoms with Gasteiger partial charge in [-0.15, -0.1) is 0 Å². The number of rotatable bonds is 8. The Kier molecular flexibility index (Phi) is 7.13. The van der Waals surface area contributed by atoms with Gasteiger partial charge in [-0.1, -0.05) is 38.7 Å². The first-order valence-corrected chi connectivity index (χ1v) is 9.06. The second kappa shape index (κ2) is 9.09. The summed E-state index contributed by atoms with van der Waals surface area (Å²) in [4.78, 5) is 22.6. The van der Waals surface area contributed by atoms with Crippen molar-refractivity contribution in [1.29, 1.82) is 0 Å². The highest BCUT2D eigenvalue weighted by atomic mass is 16.5. The molecular formula is C19H30O4. The van der Waals surface area contributed by atoms with Gasteiger partial charge in [0.1, 0.15) is 6.10 Å². The van der Waals surface area contributed by atoms with Gasteiger partial charge in [0.05, 0.1) is 13.0 Å². The number of ether oxygens (including phenoxy) is 2. The van der Waals surface area contributed by atoms with Crippen molar-refractivity contribution in [3.8, 4) is 0 Å². The summed E-state index contributed by atoms with van der Waals surface area (Å²) in [6, 6.07) is 0. The van der Waals surface area contributed by atoms with Crippen LogP contribution in [0.2, 0.25) is 0 Å². The van der Waals surface area contributed by atoms with Crippen LogP contribution in [0, 0.1) is 11.8 Å². The number of hydrogen-bond donors (Lipinski definition) is 0. The fourth-order valence-electron chi connectivity index (χ4n) is 3.66. The second-order valence-corrected chi connectivity index (χ2v) is 7.23. The Bertz CT molecular complexity index is 429. The summed E-state index contributed by atoms with van der Waals surface area (Å²) in [6.45, 7) is 5.96. The molecule has 1 saturated carbocycles. The van der Waals surface area contributed by atoms with Crippen molar-refractivity contribution in [2.75, 3.05) is 6.61 Å². The van der Waals surface area contributed by atoms with Gasteiger partial charge in [-0.05, 0) is 38.5 Å². The van der Waals surface area contributed by atoms with Crippen LogP contribution in [0.15, 0.2) is 12.2 Å². The first-order chi connectivity index (χ1) is 11.0. The predicted octanol–water partition coefficient (Wildman–Crippen LogP) is 4.18. The summed E-state index contributed by atoms with van der Waals surface area (Å²) in [5.41, 5.74) is 0.487. The van der Waals surface area contributed by atoms with Crippen molar-refractivity contribution < 1.29 is 19.1 Å². The van der Waals surface area contributed by atoms with Gasteiger partial charge in [-0.25, -0.2) is 4.79 Å². The van der Waals surface area contributed by atoms with E-state index < -0.39 is 0 Å². The molecule has 1 aliphatic carbocycles. The standard InChI is InChI=1S/C19H30O4/c1-14(2)19(21)23-17-10-6-9-15(11-17)7-4-3-5-8-16-12-18(20)22-13-16/h15-17H,1,3-13H2,2H3. The molecule has 2 aliphatic rings. The number of hydrogen-bond acceptors (Lipinski definition) is 4. The molecule has 4 nitrogen and oxygen atoms in total. The molecule has 0 bridgehead atoms. The van der Waals surface area contributed by atoms with Crippen LogP contribution in [0.4, 0.5) is 0 Å². The van der Waals surface area contributed by atoms with E-state index in [-0.39, 0.29) is 18.0 Å². The number of carbonyl (C=O) groups is 2. The average Bonchev–Trinajstić information content (AvgIpc) is 2.92. The third kappa shape index (κ3) is 6.36. The maximum atomic E-state index is 11.6. The smallest absolute Gasteiger partial charge is 0.333 e. The molecule has 1 aliphatic heterocycles. The molecule has 2 fully saturated rings. The first-order valence-electron chi connectivity index (χ1n) is 9.06. The van der Waals surface area contributed by atoms with Crippen molar-refractivity contribution in [2.45, 2.75) is 77.2 Å². The van der Waals surface area contributed by atoms with Gasteiger partial charge in [0, 0.05) is 11.5 Å². The van der Waals surface area contributed by atoms with Gasteiger partial charge < -0.3 is 9.47 Å². The maximum absolute atomic E-state index is 11.6. The van der Waals surface area contributed by atoms with Crippen LogP contribution < -0.4 is 0 Å². The Labute approximate surface area is 139 Å². The van der Waals surface area contributed by atoms with Gasteiger partial charge in [-0.2, -0.15) is 0 Å². The molecule has 0 amide bonds. The minimum atomic E-state index is -0.246. The molecular weight excluding hydrogens is 292 g/mol. The van der Waals surface area contributed by atoms with E-state index >= 15 is 0 Å². The molecule has 1 saturated heterocycles. The van der Waals surface area contributed by atoms with Crippen LogP contribution in [-0.4, -0.2) is 24.6 Å². The molecule has 3 atom stereocenters. The lowest BCUT2D eigenvalue weighted by Crippen LogP contribution is -2.25. The van der Waals surface area contributed by atoms with Crippen LogP contribution >= 0.6 is 0 Å². The number of esters is 2. The normalized spacial score (nSPS) is 27.5. The average molecular weight is 322 g/mol. The largest absolute Gasteiger partial charge is 0.465 e. The molecule has 4 heteroatoms. The van der Waals surface area contributed by atoms with Gasteiger partial charge in [-0.3, -0.25) is 4.79 Å². The highest BCUT2D eigenvalue weighted by Crippen LogP contribution is 2.31. The quantitative estimate of drug-likeness (QED) is 0.382. The lowest BCUT2D eigenvalue weighted by molar-refractivity contribution is -0.146. The Balaban J connectivity index is 1.55. The molecule has 23 heavy (non-hydrogen) atoms. The lowest BCUT2D eigenvalue weighted by atomic mass is 9.83. The second-order valence-electron chi connectivity index (χ2n) is 7.23.